The number of sulfonamides is 1. The summed E-state index contributed by atoms with van der Waals surface area (Å²) in [5.74, 6) is 0.616. The summed E-state index contributed by atoms with van der Waals surface area (Å²) in [4.78, 5) is 7.70. The molecule has 0 amide bonds. The van der Waals surface area contributed by atoms with Crippen molar-refractivity contribution < 1.29 is 18.3 Å². The molecular formula is C29H36N4O4S2. The van der Waals surface area contributed by atoms with Crippen molar-refractivity contribution in [3.63, 3.8) is 0 Å². The van der Waals surface area contributed by atoms with Crippen LogP contribution in [0.4, 0.5) is 0 Å². The molecule has 1 atom stereocenters. The van der Waals surface area contributed by atoms with Gasteiger partial charge in [-0.15, -0.1) is 11.3 Å². The monoisotopic (exact) mass is 568 g/mol. The molecule has 1 aliphatic heterocycles. The summed E-state index contributed by atoms with van der Waals surface area (Å²) in [6.45, 7) is 5.79. The van der Waals surface area contributed by atoms with Gasteiger partial charge in [0.15, 0.2) is 0 Å². The first-order chi connectivity index (χ1) is 18.7. The largest absolute Gasteiger partial charge is 0.490 e. The van der Waals surface area contributed by atoms with Crippen LogP contribution in [0.25, 0.3) is 16.1 Å². The molecule has 1 aliphatic carbocycles. The average molecular weight is 569 g/mol. The Morgan fingerprint density at radius 3 is 2.79 bits per heavy atom. The van der Waals surface area contributed by atoms with Crippen LogP contribution in [0.2, 0.25) is 0 Å². The van der Waals surface area contributed by atoms with E-state index in [1.807, 2.05) is 62.5 Å². The number of hydrogen-bond acceptors (Lipinski definition) is 8. The van der Waals surface area contributed by atoms with Gasteiger partial charge in [0.2, 0.25) is 10.0 Å². The lowest BCUT2D eigenvalue weighted by atomic mass is 10.1. The highest BCUT2D eigenvalue weighted by molar-refractivity contribution is 7.89. The number of thiazole rings is 1. The van der Waals surface area contributed by atoms with Crippen molar-refractivity contribution in [1.82, 2.24) is 14.6 Å². The van der Waals surface area contributed by atoms with Crippen molar-refractivity contribution >= 4 is 26.9 Å². The van der Waals surface area contributed by atoms with Crippen molar-refractivity contribution in [1.29, 1.82) is 5.26 Å². The average Bonchev–Trinajstić information content (AvgIpc) is 3.42. The molecule has 2 aromatic rings. The highest BCUT2D eigenvalue weighted by Gasteiger charge is 2.21. The molecule has 1 aromatic heterocycles. The van der Waals surface area contributed by atoms with E-state index in [9.17, 15) is 18.8 Å². The molecular weight excluding hydrogens is 532 g/mol. The van der Waals surface area contributed by atoms with Crippen molar-refractivity contribution in [3.05, 3.63) is 65.2 Å². The lowest BCUT2D eigenvalue weighted by Gasteiger charge is -2.29. The molecule has 2 N–H and O–H groups in total. The van der Waals surface area contributed by atoms with Gasteiger partial charge in [0, 0.05) is 37.4 Å². The van der Waals surface area contributed by atoms with Gasteiger partial charge in [0.05, 0.1) is 28.4 Å². The molecule has 0 radical (unpaired) electrons. The SMILES string of the molecule is CC(C)Oc1ccc(-c2ncc(C3=CCCC(NS(=O)(=O)CCN4CCC(O)CC4)C=CC=C3)s2)cc1C#N. The first-order valence-corrected chi connectivity index (χ1v) is 15.8. The third-order valence-corrected chi connectivity index (χ3v) is 9.11. The fourth-order valence-corrected chi connectivity index (χ4v) is 6.76. The second kappa shape index (κ2) is 13.5. The van der Waals surface area contributed by atoms with E-state index in [2.05, 4.69) is 26.8 Å². The van der Waals surface area contributed by atoms with Gasteiger partial charge in [-0.1, -0.05) is 30.4 Å². The topological polar surface area (TPSA) is 116 Å². The molecule has 1 aromatic carbocycles. The molecule has 0 spiro atoms. The molecule has 208 valence electrons. The van der Waals surface area contributed by atoms with Crippen LogP contribution in [-0.4, -0.2) is 67.0 Å². The maximum absolute atomic E-state index is 12.7. The van der Waals surface area contributed by atoms with Crippen molar-refractivity contribution in [2.24, 2.45) is 0 Å². The highest BCUT2D eigenvalue weighted by Crippen LogP contribution is 2.33. The summed E-state index contributed by atoms with van der Waals surface area (Å²) in [6.07, 6.45) is 14.1. The molecule has 1 fully saturated rings. The smallest absolute Gasteiger partial charge is 0.213 e. The van der Waals surface area contributed by atoms with Crippen LogP contribution >= 0.6 is 11.3 Å². The van der Waals surface area contributed by atoms with Crippen LogP contribution in [0, 0.1) is 11.3 Å². The van der Waals surface area contributed by atoms with Gasteiger partial charge in [0.1, 0.15) is 16.8 Å². The molecule has 8 nitrogen and oxygen atoms in total. The first kappa shape index (κ1) is 29.2. The minimum absolute atomic E-state index is 0.0177. The maximum Gasteiger partial charge on any atom is 0.213 e. The van der Waals surface area contributed by atoms with Crippen molar-refractivity contribution in [2.75, 3.05) is 25.4 Å². The zero-order valence-electron chi connectivity index (χ0n) is 22.4. The van der Waals surface area contributed by atoms with Crippen LogP contribution < -0.4 is 9.46 Å². The zero-order valence-corrected chi connectivity index (χ0v) is 24.0. The number of aromatic nitrogens is 1. The second-order valence-electron chi connectivity index (χ2n) is 10.1. The number of nitriles is 1. The van der Waals surface area contributed by atoms with E-state index in [0.29, 0.717) is 43.5 Å². The van der Waals surface area contributed by atoms with Crippen LogP contribution in [0.5, 0.6) is 5.75 Å². The Morgan fingerprint density at radius 2 is 2.05 bits per heavy atom. The minimum Gasteiger partial charge on any atom is -0.490 e. The van der Waals surface area contributed by atoms with Crippen LogP contribution in [0.1, 0.15) is 50.0 Å². The van der Waals surface area contributed by atoms with Crippen LogP contribution in [0.15, 0.2) is 54.8 Å². The summed E-state index contributed by atoms with van der Waals surface area (Å²) in [5, 5.41) is 20.0. The Balaban J connectivity index is 1.37. The lowest BCUT2D eigenvalue weighted by molar-refractivity contribution is 0.0855. The van der Waals surface area contributed by atoms with E-state index < -0.39 is 10.0 Å². The number of aliphatic hydroxyl groups excluding tert-OH is 1. The van der Waals surface area contributed by atoms with Crippen molar-refractivity contribution in [3.8, 4) is 22.4 Å². The second-order valence-corrected chi connectivity index (χ2v) is 13.0. The number of hydrogen-bond donors (Lipinski definition) is 2. The van der Waals surface area contributed by atoms with Gasteiger partial charge in [-0.05, 0) is 63.3 Å². The zero-order chi connectivity index (χ0) is 27.8. The van der Waals surface area contributed by atoms with Crippen LogP contribution in [0.3, 0.4) is 0 Å². The van der Waals surface area contributed by atoms with E-state index in [4.69, 9.17) is 4.74 Å². The number of likely N-dealkylation sites (tertiary alicyclic amines) is 1. The number of nitrogens with one attached hydrogen (secondary N) is 1. The van der Waals surface area contributed by atoms with Gasteiger partial charge in [0.25, 0.3) is 0 Å². The van der Waals surface area contributed by atoms with Gasteiger partial charge < -0.3 is 14.7 Å². The molecule has 39 heavy (non-hydrogen) atoms. The van der Waals surface area contributed by atoms with Gasteiger partial charge >= 0.3 is 0 Å². The molecule has 2 heterocycles. The molecule has 1 unspecified atom stereocenters. The highest BCUT2D eigenvalue weighted by atomic mass is 32.2. The van der Waals surface area contributed by atoms with Crippen molar-refractivity contribution in [2.45, 2.75) is 57.8 Å². The van der Waals surface area contributed by atoms with E-state index in [0.717, 1.165) is 34.1 Å². The molecule has 4 rings (SSSR count). The third kappa shape index (κ3) is 8.59. The van der Waals surface area contributed by atoms with E-state index in [-0.39, 0.29) is 24.0 Å². The summed E-state index contributed by atoms with van der Waals surface area (Å²) >= 11 is 1.55. The van der Waals surface area contributed by atoms with E-state index in [1.54, 1.807) is 11.3 Å². The Labute approximate surface area is 235 Å². The summed E-state index contributed by atoms with van der Waals surface area (Å²) in [6, 6.07) is 7.47. The quantitative estimate of drug-likeness (QED) is 0.458. The van der Waals surface area contributed by atoms with Gasteiger partial charge in [-0.2, -0.15) is 5.26 Å². The first-order valence-electron chi connectivity index (χ1n) is 13.4. The van der Waals surface area contributed by atoms with Crippen LogP contribution in [-0.2, 0) is 10.0 Å². The molecule has 10 heteroatoms. The predicted octanol–water partition coefficient (Wildman–Crippen LogP) is 4.50. The fraction of sp³-hybridized carbons (Fsp3) is 0.448. The molecule has 1 saturated heterocycles. The number of rotatable bonds is 9. The number of piperidine rings is 1. The van der Waals surface area contributed by atoms with E-state index in [1.165, 1.54) is 0 Å². The maximum atomic E-state index is 12.7. The number of aliphatic hydroxyl groups is 1. The number of nitrogens with zero attached hydrogens (tertiary/aromatic N) is 3. The summed E-state index contributed by atoms with van der Waals surface area (Å²) in [5.41, 5.74) is 2.37. The molecule has 0 bridgehead atoms. The molecule has 0 saturated carbocycles. The number of benzene rings is 1. The van der Waals surface area contributed by atoms with Gasteiger partial charge in [-0.3, -0.25) is 0 Å². The lowest BCUT2D eigenvalue weighted by Crippen LogP contribution is -2.42. The van der Waals surface area contributed by atoms with E-state index >= 15 is 0 Å². The Morgan fingerprint density at radius 1 is 1.26 bits per heavy atom. The fourth-order valence-electron chi connectivity index (χ4n) is 4.55. The number of allylic oxidation sites excluding steroid dienone is 5. The van der Waals surface area contributed by atoms with Gasteiger partial charge in [-0.25, -0.2) is 18.1 Å². The third-order valence-electron chi connectivity index (χ3n) is 6.64. The molecule has 2 aliphatic rings. The minimum atomic E-state index is -3.43. The predicted molar refractivity (Wildman–Crippen MR) is 156 cm³/mol. The Bertz CT molecular complexity index is 1360. The normalized spacial score (nSPS) is 19.3. The Hall–Kier alpha value is -2.81. The standard InChI is InChI=1S/C29H36N4O4S2/c1-21(2)37-27-11-10-23(18-24(27)19-30)29-31-20-28(38-29)22-6-3-4-8-25(9-5-7-22)32-39(35,36)17-16-33-14-12-26(34)13-15-33/h3-4,6-8,10-11,18,20-21,25-26,32,34H,5,9,12-17H2,1-2H3. The Kier molecular flexibility index (Phi) is 10.1. The summed E-state index contributed by atoms with van der Waals surface area (Å²) < 4.78 is 34.1. The number of ether oxygens (including phenoxy) is 1. The summed E-state index contributed by atoms with van der Waals surface area (Å²) in [7, 11) is -3.43.